The highest BCUT2D eigenvalue weighted by atomic mass is 16.2. The third-order valence-corrected chi connectivity index (χ3v) is 7.09. The van der Waals surface area contributed by atoms with Gasteiger partial charge in [0.05, 0.1) is 12.1 Å². The summed E-state index contributed by atoms with van der Waals surface area (Å²) in [4.78, 5) is 34.0. The summed E-state index contributed by atoms with van der Waals surface area (Å²) in [6.45, 7) is 2.17. The van der Waals surface area contributed by atoms with Crippen LogP contribution in [-0.2, 0) is 9.59 Å². The fourth-order valence-electron chi connectivity index (χ4n) is 5.06. The van der Waals surface area contributed by atoms with Crippen molar-refractivity contribution in [2.75, 3.05) is 19.6 Å². The summed E-state index contributed by atoms with van der Waals surface area (Å²) in [6.07, 6.45) is 11.5. The van der Waals surface area contributed by atoms with Crippen LogP contribution in [-0.4, -0.2) is 46.2 Å². The van der Waals surface area contributed by atoms with Crippen molar-refractivity contribution >= 4 is 11.8 Å². The summed E-state index contributed by atoms with van der Waals surface area (Å²) < 4.78 is 0. The Morgan fingerprint density at radius 3 is 2.55 bits per heavy atom. The topological polar surface area (TPSA) is 77.3 Å². The van der Waals surface area contributed by atoms with Crippen molar-refractivity contribution in [3.63, 3.8) is 0 Å². The molecule has 1 saturated carbocycles. The first-order valence-electron chi connectivity index (χ1n) is 11.0. The summed E-state index contributed by atoms with van der Waals surface area (Å²) in [5.41, 5.74) is 0.371. The Labute approximate surface area is 172 Å². The quantitative estimate of drug-likeness (QED) is 0.784. The fraction of sp³-hybridized carbons (Fsp3) is 0.652. The molecule has 1 aliphatic carbocycles. The van der Waals surface area contributed by atoms with Crippen molar-refractivity contribution in [1.82, 2.24) is 14.8 Å². The number of carbonyl (C=O) groups excluding carboxylic acids is 2. The first kappa shape index (κ1) is 19.9. The molecule has 2 saturated heterocycles. The molecule has 154 valence electrons. The second-order valence-corrected chi connectivity index (χ2v) is 8.87. The van der Waals surface area contributed by atoms with Crippen LogP contribution < -0.4 is 0 Å². The number of pyridine rings is 1. The molecule has 4 rings (SSSR count). The second-order valence-electron chi connectivity index (χ2n) is 8.87. The molecule has 2 aliphatic heterocycles. The third-order valence-electron chi connectivity index (χ3n) is 7.09. The number of hydrogen-bond donors (Lipinski definition) is 0. The van der Waals surface area contributed by atoms with E-state index in [1.54, 1.807) is 6.20 Å². The molecule has 0 spiro atoms. The maximum Gasteiger partial charge on any atom is 0.243 e. The monoisotopic (exact) mass is 394 g/mol. The minimum atomic E-state index is -0.757. The fourth-order valence-corrected chi connectivity index (χ4v) is 5.06. The van der Waals surface area contributed by atoms with Crippen LogP contribution in [0.3, 0.4) is 0 Å². The molecule has 3 aliphatic rings. The molecule has 1 aromatic heterocycles. The van der Waals surface area contributed by atoms with Crippen molar-refractivity contribution in [3.05, 3.63) is 30.1 Å². The van der Waals surface area contributed by atoms with Gasteiger partial charge in [-0.1, -0.05) is 6.07 Å². The summed E-state index contributed by atoms with van der Waals surface area (Å²) in [5, 5.41) is 9.42. The zero-order valence-corrected chi connectivity index (χ0v) is 17.1. The summed E-state index contributed by atoms with van der Waals surface area (Å²) in [7, 11) is 0. The average Bonchev–Trinajstić information content (AvgIpc) is 2.74. The van der Waals surface area contributed by atoms with Gasteiger partial charge in [-0.3, -0.25) is 14.6 Å². The largest absolute Gasteiger partial charge is 0.341 e. The van der Waals surface area contributed by atoms with Gasteiger partial charge in [-0.15, -0.1) is 0 Å². The van der Waals surface area contributed by atoms with Gasteiger partial charge in [-0.2, -0.15) is 5.26 Å². The van der Waals surface area contributed by atoms with E-state index >= 15 is 0 Å². The van der Waals surface area contributed by atoms with Crippen LogP contribution in [0.1, 0.15) is 69.4 Å². The van der Waals surface area contributed by atoms with Crippen LogP contribution in [0.25, 0.3) is 0 Å². The first-order chi connectivity index (χ1) is 14.1. The molecule has 3 fully saturated rings. The molecular weight excluding hydrogens is 364 g/mol. The van der Waals surface area contributed by atoms with Gasteiger partial charge in [0.1, 0.15) is 5.41 Å². The normalized spacial score (nSPS) is 24.4. The molecule has 1 aromatic rings. The number of hydrogen-bond acceptors (Lipinski definition) is 4. The molecule has 0 bridgehead atoms. The van der Waals surface area contributed by atoms with Crippen LogP contribution in [0.4, 0.5) is 0 Å². The standard InChI is InChI=1S/C23H30N4O2/c24-17-23(9-4-10-23)22(29)26-13-7-18(8-14-26)15-21(28)27-12-2-1-6-20(27)19-5-3-11-25-16-19/h3,5,11,16,18,20H,1-2,4,6-10,12-15H2. The number of carbonyl (C=O) groups is 2. The smallest absolute Gasteiger partial charge is 0.243 e. The molecule has 0 N–H and O–H groups in total. The van der Waals surface area contributed by atoms with E-state index in [2.05, 4.69) is 22.0 Å². The van der Waals surface area contributed by atoms with Crippen LogP contribution >= 0.6 is 0 Å². The van der Waals surface area contributed by atoms with Crippen molar-refractivity contribution in [2.45, 2.75) is 63.8 Å². The van der Waals surface area contributed by atoms with Gasteiger partial charge in [0.15, 0.2) is 0 Å². The highest BCUT2D eigenvalue weighted by Crippen LogP contribution is 2.42. The second kappa shape index (κ2) is 8.52. The van der Waals surface area contributed by atoms with Crippen LogP contribution in [0.15, 0.2) is 24.5 Å². The van der Waals surface area contributed by atoms with Crippen LogP contribution in [0, 0.1) is 22.7 Å². The Morgan fingerprint density at radius 2 is 1.93 bits per heavy atom. The number of nitrogens with zero attached hydrogens (tertiary/aromatic N) is 4. The lowest BCUT2D eigenvalue weighted by Crippen LogP contribution is -2.50. The summed E-state index contributed by atoms with van der Waals surface area (Å²) in [5.74, 6) is 0.571. The molecule has 3 heterocycles. The van der Waals surface area contributed by atoms with E-state index in [0.717, 1.165) is 50.6 Å². The molecule has 29 heavy (non-hydrogen) atoms. The molecule has 1 atom stereocenters. The molecule has 6 nitrogen and oxygen atoms in total. The predicted octanol–water partition coefficient (Wildman–Crippen LogP) is 3.46. The lowest BCUT2D eigenvalue weighted by molar-refractivity contribution is -0.144. The van der Waals surface area contributed by atoms with E-state index in [0.29, 0.717) is 38.3 Å². The Balaban J connectivity index is 1.32. The van der Waals surface area contributed by atoms with Crippen molar-refractivity contribution in [3.8, 4) is 6.07 Å². The van der Waals surface area contributed by atoms with E-state index < -0.39 is 5.41 Å². The van der Waals surface area contributed by atoms with E-state index in [1.165, 1.54) is 0 Å². The molecule has 0 radical (unpaired) electrons. The Morgan fingerprint density at radius 1 is 1.14 bits per heavy atom. The lowest BCUT2D eigenvalue weighted by Gasteiger charge is -2.41. The molecule has 1 unspecified atom stereocenters. The highest BCUT2D eigenvalue weighted by Gasteiger charge is 2.47. The van der Waals surface area contributed by atoms with Gasteiger partial charge >= 0.3 is 0 Å². The van der Waals surface area contributed by atoms with Gasteiger partial charge in [-0.25, -0.2) is 0 Å². The number of nitriles is 1. The first-order valence-corrected chi connectivity index (χ1v) is 11.0. The predicted molar refractivity (Wildman–Crippen MR) is 108 cm³/mol. The molecule has 2 amide bonds. The maximum atomic E-state index is 13.1. The highest BCUT2D eigenvalue weighted by molar-refractivity contribution is 5.86. The van der Waals surface area contributed by atoms with E-state index in [-0.39, 0.29) is 17.9 Å². The molecule has 6 heteroatoms. The van der Waals surface area contributed by atoms with Gasteiger partial charge in [0.25, 0.3) is 0 Å². The number of rotatable bonds is 4. The minimum absolute atomic E-state index is 0.0173. The Hall–Kier alpha value is -2.42. The van der Waals surface area contributed by atoms with Crippen LogP contribution in [0.5, 0.6) is 0 Å². The SMILES string of the molecule is N#CC1(C(=O)N2CCC(CC(=O)N3CCCCC3c3cccnc3)CC2)CCC1. The lowest BCUT2D eigenvalue weighted by atomic mass is 9.68. The zero-order valence-electron chi connectivity index (χ0n) is 17.1. The van der Waals surface area contributed by atoms with Crippen LogP contribution in [0.2, 0.25) is 0 Å². The maximum absolute atomic E-state index is 13.1. The van der Waals surface area contributed by atoms with Gasteiger partial charge in [0, 0.05) is 38.4 Å². The minimum Gasteiger partial charge on any atom is -0.341 e. The van der Waals surface area contributed by atoms with Crippen molar-refractivity contribution in [2.24, 2.45) is 11.3 Å². The van der Waals surface area contributed by atoms with E-state index in [9.17, 15) is 14.9 Å². The third kappa shape index (κ3) is 4.01. The number of amides is 2. The number of aromatic nitrogens is 1. The van der Waals surface area contributed by atoms with Gasteiger partial charge in [-0.05, 0) is 68.9 Å². The zero-order chi connectivity index (χ0) is 20.3. The van der Waals surface area contributed by atoms with E-state index in [1.807, 2.05) is 17.2 Å². The van der Waals surface area contributed by atoms with Crippen molar-refractivity contribution in [1.29, 1.82) is 5.26 Å². The Bertz CT molecular complexity index is 776. The summed E-state index contributed by atoms with van der Waals surface area (Å²) in [6, 6.07) is 6.41. The Kier molecular flexibility index (Phi) is 5.84. The van der Waals surface area contributed by atoms with E-state index in [4.69, 9.17) is 0 Å². The number of piperidine rings is 2. The van der Waals surface area contributed by atoms with Crippen molar-refractivity contribution < 1.29 is 9.59 Å². The molecule has 0 aromatic carbocycles. The molecular formula is C23H30N4O2. The van der Waals surface area contributed by atoms with Gasteiger partial charge < -0.3 is 9.80 Å². The summed E-state index contributed by atoms with van der Waals surface area (Å²) >= 11 is 0. The average molecular weight is 395 g/mol. The van der Waals surface area contributed by atoms with Gasteiger partial charge in [0.2, 0.25) is 11.8 Å². The number of likely N-dealkylation sites (tertiary alicyclic amines) is 2.